The minimum atomic E-state index is 0.124. The van der Waals surface area contributed by atoms with Gasteiger partial charge >= 0.3 is 0 Å². The van der Waals surface area contributed by atoms with E-state index >= 15 is 0 Å². The zero-order valence-corrected chi connectivity index (χ0v) is 15.3. The molecule has 0 unspecified atom stereocenters. The predicted molar refractivity (Wildman–Crippen MR) is 103 cm³/mol. The number of hydrogen-bond acceptors (Lipinski definition) is 4. The number of aryl methyl sites for hydroxylation is 1. The number of halogens is 2. The summed E-state index contributed by atoms with van der Waals surface area (Å²) >= 11 is 12.0. The highest BCUT2D eigenvalue weighted by atomic mass is 35.5. The van der Waals surface area contributed by atoms with Crippen molar-refractivity contribution in [2.75, 3.05) is 0 Å². The van der Waals surface area contributed by atoms with Crippen molar-refractivity contribution in [1.29, 1.82) is 5.26 Å². The Hall–Kier alpha value is -2.81. The fraction of sp³-hybridized carbons (Fsp3) is 0.105. The van der Waals surface area contributed by atoms with Crippen LogP contribution >= 0.6 is 23.2 Å². The monoisotopic (exact) mass is 384 g/mol. The number of hydrogen-bond donors (Lipinski definition) is 2. The molecule has 0 aliphatic rings. The van der Waals surface area contributed by atoms with Crippen LogP contribution < -0.4 is 0 Å². The molecule has 0 spiro atoms. The summed E-state index contributed by atoms with van der Waals surface area (Å²) in [5.74, 6) is 0.390. The fourth-order valence-electron chi connectivity index (χ4n) is 2.45. The van der Waals surface area contributed by atoms with Crippen molar-refractivity contribution in [1.82, 2.24) is 10.2 Å². The van der Waals surface area contributed by atoms with Crippen LogP contribution in [0.5, 0.6) is 5.75 Å². The molecule has 3 rings (SSSR count). The molecule has 0 aliphatic carbocycles. The molecule has 5 nitrogen and oxygen atoms in total. The van der Waals surface area contributed by atoms with E-state index in [1.807, 2.05) is 19.1 Å². The Balaban J connectivity index is 1.87. The summed E-state index contributed by atoms with van der Waals surface area (Å²) in [6, 6.07) is 12.7. The van der Waals surface area contributed by atoms with Crippen LogP contribution in [0.1, 0.15) is 27.9 Å². The van der Waals surface area contributed by atoms with Gasteiger partial charge in [-0.25, -0.2) is 4.99 Å². The number of nitrogens with zero attached hydrogens (tertiary/aromatic N) is 3. The zero-order chi connectivity index (χ0) is 18.7. The molecule has 26 heavy (non-hydrogen) atoms. The molecule has 0 atom stereocenters. The summed E-state index contributed by atoms with van der Waals surface area (Å²) in [4.78, 5) is 4.23. The van der Waals surface area contributed by atoms with E-state index in [0.29, 0.717) is 33.3 Å². The van der Waals surface area contributed by atoms with E-state index in [9.17, 15) is 10.4 Å². The molecular formula is C19H14Cl2N4O. The maximum absolute atomic E-state index is 9.94. The van der Waals surface area contributed by atoms with Crippen LogP contribution in [-0.2, 0) is 6.42 Å². The van der Waals surface area contributed by atoms with Crippen LogP contribution in [0.3, 0.4) is 0 Å². The Morgan fingerprint density at radius 3 is 2.73 bits per heavy atom. The Bertz CT molecular complexity index is 1030. The highest BCUT2D eigenvalue weighted by Crippen LogP contribution is 2.26. The first-order valence-corrected chi connectivity index (χ1v) is 8.48. The summed E-state index contributed by atoms with van der Waals surface area (Å²) in [5.41, 5.74) is 3.37. The van der Waals surface area contributed by atoms with Crippen molar-refractivity contribution in [3.8, 4) is 11.8 Å². The Morgan fingerprint density at radius 1 is 1.23 bits per heavy atom. The minimum Gasteiger partial charge on any atom is -0.507 e. The molecule has 0 bridgehead atoms. The second-order valence-corrected chi connectivity index (χ2v) is 6.57. The highest BCUT2D eigenvalue weighted by Gasteiger charge is 2.13. The van der Waals surface area contributed by atoms with Gasteiger partial charge in [-0.05, 0) is 42.3 Å². The van der Waals surface area contributed by atoms with E-state index < -0.39 is 0 Å². The smallest absolute Gasteiger partial charge is 0.191 e. The third-order valence-electron chi connectivity index (χ3n) is 3.81. The van der Waals surface area contributed by atoms with Crippen molar-refractivity contribution in [3.05, 3.63) is 74.4 Å². The van der Waals surface area contributed by atoms with Gasteiger partial charge in [0.2, 0.25) is 0 Å². The van der Waals surface area contributed by atoms with E-state index in [1.165, 1.54) is 6.21 Å². The number of nitrogens with one attached hydrogen (secondary N) is 1. The maximum atomic E-state index is 9.94. The molecule has 0 fully saturated rings. The van der Waals surface area contributed by atoms with Crippen LogP contribution in [0.4, 0.5) is 5.82 Å². The third kappa shape index (κ3) is 3.88. The third-order valence-corrected chi connectivity index (χ3v) is 4.55. The van der Waals surface area contributed by atoms with Gasteiger partial charge in [0.05, 0.1) is 15.7 Å². The van der Waals surface area contributed by atoms with E-state index in [0.717, 1.165) is 11.1 Å². The number of benzene rings is 2. The highest BCUT2D eigenvalue weighted by molar-refractivity contribution is 6.42. The zero-order valence-electron chi connectivity index (χ0n) is 13.8. The topological polar surface area (TPSA) is 85.1 Å². The first-order valence-electron chi connectivity index (χ1n) is 7.73. The molecule has 7 heteroatoms. The van der Waals surface area contributed by atoms with Crippen LogP contribution in [0.2, 0.25) is 10.0 Å². The molecule has 2 aromatic carbocycles. The van der Waals surface area contributed by atoms with Crippen molar-refractivity contribution in [2.45, 2.75) is 13.3 Å². The van der Waals surface area contributed by atoms with Gasteiger partial charge in [0.1, 0.15) is 17.4 Å². The SMILES string of the molecule is Cc1ccc(C=Nc2n[nH]c(Cc3ccc(Cl)c(Cl)c3)c2C#N)c(O)c1. The lowest BCUT2D eigenvalue weighted by Crippen LogP contribution is -1.91. The number of aromatic hydroxyl groups is 1. The van der Waals surface area contributed by atoms with Crippen molar-refractivity contribution >= 4 is 35.2 Å². The molecule has 0 saturated heterocycles. The van der Waals surface area contributed by atoms with Crippen LogP contribution in [0.25, 0.3) is 0 Å². The van der Waals surface area contributed by atoms with Crippen molar-refractivity contribution in [2.24, 2.45) is 4.99 Å². The second kappa shape index (κ2) is 7.61. The number of phenols is 1. The lowest BCUT2D eigenvalue weighted by atomic mass is 10.1. The molecule has 130 valence electrons. The summed E-state index contributed by atoms with van der Waals surface area (Å²) < 4.78 is 0. The van der Waals surface area contributed by atoms with Gasteiger partial charge in [0, 0.05) is 18.2 Å². The lowest BCUT2D eigenvalue weighted by molar-refractivity contribution is 0.474. The van der Waals surface area contributed by atoms with Gasteiger partial charge in [-0.1, -0.05) is 35.3 Å². The standard InChI is InChI=1S/C19H14Cl2N4O/c1-11-2-4-13(18(26)6-11)10-23-19-14(9-22)17(24-25-19)8-12-3-5-15(20)16(21)7-12/h2-7,10,26H,8H2,1H3,(H,24,25). The predicted octanol–water partition coefficient (Wildman–Crippen LogP) is 4.94. The van der Waals surface area contributed by atoms with Crippen LogP contribution in [-0.4, -0.2) is 21.5 Å². The molecular weight excluding hydrogens is 371 g/mol. The van der Waals surface area contributed by atoms with E-state index in [1.54, 1.807) is 24.3 Å². The number of H-pyrrole nitrogens is 1. The average Bonchev–Trinajstić information content (AvgIpc) is 2.99. The Morgan fingerprint density at radius 2 is 2.04 bits per heavy atom. The Kier molecular flexibility index (Phi) is 5.27. The largest absolute Gasteiger partial charge is 0.507 e. The van der Waals surface area contributed by atoms with E-state index in [4.69, 9.17) is 23.2 Å². The fourth-order valence-corrected chi connectivity index (χ4v) is 2.77. The quantitative estimate of drug-likeness (QED) is 0.624. The molecule has 0 amide bonds. The van der Waals surface area contributed by atoms with Crippen LogP contribution in [0, 0.1) is 18.3 Å². The lowest BCUT2D eigenvalue weighted by Gasteiger charge is -2.02. The molecule has 0 radical (unpaired) electrons. The van der Waals surface area contributed by atoms with Gasteiger partial charge in [0.15, 0.2) is 5.82 Å². The summed E-state index contributed by atoms with van der Waals surface area (Å²) in [6.07, 6.45) is 1.92. The Labute approximate surface area is 160 Å². The van der Waals surface area contributed by atoms with E-state index in [2.05, 4.69) is 21.3 Å². The first kappa shape index (κ1) is 18.0. The molecule has 1 aromatic heterocycles. The van der Waals surface area contributed by atoms with Gasteiger partial charge in [-0.2, -0.15) is 10.4 Å². The molecule has 0 saturated carbocycles. The maximum Gasteiger partial charge on any atom is 0.191 e. The number of aromatic amines is 1. The average molecular weight is 385 g/mol. The number of nitriles is 1. The van der Waals surface area contributed by atoms with Crippen molar-refractivity contribution < 1.29 is 5.11 Å². The molecule has 1 heterocycles. The van der Waals surface area contributed by atoms with Gasteiger partial charge in [-0.3, -0.25) is 5.10 Å². The minimum absolute atomic E-state index is 0.124. The second-order valence-electron chi connectivity index (χ2n) is 5.76. The van der Waals surface area contributed by atoms with Crippen molar-refractivity contribution in [3.63, 3.8) is 0 Å². The summed E-state index contributed by atoms with van der Waals surface area (Å²) in [6.45, 7) is 1.89. The molecule has 2 N–H and O–H groups in total. The van der Waals surface area contributed by atoms with Gasteiger partial charge in [-0.15, -0.1) is 0 Å². The number of aliphatic imine (C=N–C) groups is 1. The number of rotatable bonds is 4. The first-order chi connectivity index (χ1) is 12.5. The molecule has 0 aliphatic heterocycles. The summed E-state index contributed by atoms with van der Waals surface area (Å²) in [7, 11) is 0. The number of phenolic OH excluding ortho intramolecular Hbond substituents is 1. The van der Waals surface area contributed by atoms with E-state index in [-0.39, 0.29) is 11.6 Å². The normalized spacial score (nSPS) is 11.0. The van der Waals surface area contributed by atoms with Gasteiger partial charge < -0.3 is 5.11 Å². The van der Waals surface area contributed by atoms with Crippen LogP contribution in [0.15, 0.2) is 41.4 Å². The van der Waals surface area contributed by atoms with Gasteiger partial charge in [0.25, 0.3) is 0 Å². The number of aromatic nitrogens is 2. The summed E-state index contributed by atoms with van der Waals surface area (Å²) in [5, 5.41) is 27.3. The molecule has 3 aromatic rings.